The molecule has 16 heteroatoms. The summed E-state index contributed by atoms with van der Waals surface area (Å²) in [5, 5.41) is 18.4. The third-order valence-corrected chi connectivity index (χ3v) is 6.47. The summed E-state index contributed by atoms with van der Waals surface area (Å²) in [6.07, 6.45) is 0. The first-order valence-corrected chi connectivity index (χ1v) is 13.1. The lowest BCUT2D eigenvalue weighted by atomic mass is 10.1. The smallest absolute Gasteiger partial charge is 0.354 e. The number of ether oxygens (including phenoxy) is 1. The molecule has 0 saturated heterocycles. The fourth-order valence-electron chi connectivity index (χ4n) is 4.07. The maximum absolute atomic E-state index is 14.1. The van der Waals surface area contributed by atoms with Crippen LogP contribution in [-0.2, 0) is 24.4 Å². The molecule has 5 aromatic rings. The second-order valence-corrected chi connectivity index (χ2v) is 9.47. The molecule has 0 atom stereocenters. The molecule has 0 unspecified atom stereocenters. The van der Waals surface area contributed by atoms with Gasteiger partial charge < -0.3 is 37.7 Å². The molecule has 5 rings (SSSR count). The van der Waals surface area contributed by atoms with Crippen LogP contribution in [0, 0.1) is 5.82 Å². The summed E-state index contributed by atoms with van der Waals surface area (Å²) < 4.78 is 19.7. The highest BCUT2D eigenvalue weighted by molar-refractivity contribution is 5.96. The lowest BCUT2D eigenvalue weighted by Crippen LogP contribution is -2.37. The van der Waals surface area contributed by atoms with Gasteiger partial charge in [-0.3, -0.25) is 14.4 Å². The second-order valence-electron chi connectivity index (χ2n) is 9.47. The van der Waals surface area contributed by atoms with E-state index in [4.69, 9.17) is 17.2 Å². The zero-order valence-corrected chi connectivity index (χ0v) is 23.7. The van der Waals surface area contributed by atoms with E-state index >= 15 is 0 Å². The minimum atomic E-state index is -1.32. The highest BCUT2D eigenvalue weighted by Gasteiger charge is 2.19. The van der Waals surface area contributed by atoms with Gasteiger partial charge >= 0.3 is 11.9 Å². The Hall–Kier alpha value is -6.16. The van der Waals surface area contributed by atoms with E-state index < -0.39 is 28.6 Å². The van der Waals surface area contributed by atoms with Gasteiger partial charge in [-0.2, -0.15) is 0 Å². The number of nitrogens with two attached hydrogens (primary N) is 3. The average molecular weight is 635 g/mol. The van der Waals surface area contributed by atoms with Crippen LogP contribution in [0.2, 0.25) is 0 Å². The number of anilines is 3. The monoisotopic (exact) mass is 634 g/mol. The van der Waals surface area contributed by atoms with Crippen LogP contribution < -0.4 is 38.7 Å². The summed E-state index contributed by atoms with van der Waals surface area (Å²) in [6, 6.07) is 13.5. The molecule has 1 amide bonds. The molecule has 0 radical (unpaired) electrons. The van der Waals surface area contributed by atoms with Crippen LogP contribution in [0.5, 0.6) is 0 Å². The van der Waals surface area contributed by atoms with Gasteiger partial charge in [0, 0.05) is 37.3 Å². The van der Waals surface area contributed by atoms with Gasteiger partial charge in [0.2, 0.25) is 0 Å². The summed E-state index contributed by atoms with van der Waals surface area (Å²) >= 11 is 0. The number of nitrogens with zero attached hydrogens (tertiary/aromatic N) is 3. The standard InChI is InChI=1S/C20H16FN7O5.C9H11NO2.CH4/c21-10-2-1-8(3-9(10)7-24-16-15(23)17(29)18(16)30)6-25-19(31)11-4-12(20(32)33)28-14(26-11)5-13(22)27-28;1-12-9(11)8-4-2-7(6-10)3-5-8;/h1-5,24H,6-7,23H2,(H2,22,27)(H,25,31)(H,32,33);2-5H,6,10H2,1H3;1H4. The van der Waals surface area contributed by atoms with Gasteiger partial charge in [0.25, 0.3) is 16.8 Å². The molecule has 0 spiro atoms. The van der Waals surface area contributed by atoms with E-state index in [9.17, 15) is 33.5 Å². The zero-order valence-electron chi connectivity index (χ0n) is 23.7. The van der Waals surface area contributed by atoms with Crippen molar-refractivity contribution < 1.29 is 28.6 Å². The van der Waals surface area contributed by atoms with E-state index in [-0.39, 0.29) is 66.3 Å². The van der Waals surface area contributed by atoms with E-state index in [0.29, 0.717) is 17.7 Å². The van der Waals surface area contributed by atoms with Crippen molar-refractivity contribution in [2.45, 2.75) is 27.1 Å². The van der Waals surface area contributed by atoms with Gasteiger partial charge in [0.15, 0.2) is 11.3 Å². The maximum atomic E-state index is 14.1. The topological polar surface area (TPSA) is 247 Å². The van der Waals surface area contributed by atoms with Crippen LogP contribution in [0.4, 0.5) is 21.6 Å². The first-order valence-electron chi connectivity index (χ1n) is 13.1. The van der Waals surface area contributed by atoms with Crippen molar-refractivity contribution >= 4 is 40.7 Å². The van der Waals surface area contributed by atoms with Crippen LogP contribution in [0.15, 0.2) is 64.2 Å². The van der Waals surface area contributed by atoms with Gasteiger partial charge in [-0.15, -0.1) is 5.10 Å². The molecule has 240 valence electrons. The third-order valence-electron chi connectivity index (χ3n) is 6.47. The van der Waals surface area contributed by atoms with Crippen LogP contribution in [0.3, 0.4) is 0 Å². The Bertz CT molecular complexity index is 1980. The predicted molar refractivity (Wildman–Crippen MR) is 167 cm³/mol. The number of carbonyl (C=O) groups excluding carboxylic acids is 2. The molecular weight excluding hydrogens is 603 g/mol. The Labute approximate surface area is 260 Å². The van der Waals surface area contributed by atoms with Crippen LogP contribution >= 0.6 is 0 Å². The van der Waals surface area contributed by atoms with Crippen molar-refractivity contribution in [3.05, 3.63) is 115 Å². The molecule has 0 bridgehead atoms. The fourth-order valence-corrected chi connectivity index (χ4v) is 4.07. The Morgan fingerprint density at radius 3 is 2.26 bits per heavy atom. The number of fused-ring (bicyclic) bond motifs is 1. The highest BCUT2D eigenvalue weighted by atomic mass is 19.1. The number of carbonyl (C=O) groups is 3. The number of esters is 1. The number of halogens is 1. The van der Waals surface area contributed by atoms with Crippen molar-refractivity contribution in [2.75, 3.05) is 23.9 Å². The summed E-state index contributed by atoms with van der Waals surface area (Å²) in [5.74, 6) is -2.83. The fraction of sp³-hybridized carbons (Fsp3) is 0.167. The summed E-state index contributed by atoms with van der Waals surface area (Å²) in [7, 11) is 1.36. The van der Waals surface area contributed by atoms with Crippen molar-refractivity contribution in [3.63, 3.8) is 0 Å². The van der Waals surface area contributed by atoms with Crippen molar-refractivity contribution in [2.24, 2.45) is 5.73 Å². The second kappa shape index (κ2) is 14.5. The number of nitrogens with one attached hydrogen (secondary N) is 2. The predicted octanol–water partition coefficient (Wildman–Crippen LogP) is 1.44. The number of hydrogen-bond donors (Lipinski definition) is 6. The molecule has 0 fully saturated rings. The van der Waals surface area contributed by atoms with Gasteiger partial charge in [-0.05, 0) is 35.4 Å². The molecule has 3 aromatic carbocycles. The molecule has 2 aromatic heterocycles. The van der Waals surface area contributed by atoms with E-state index in [1.54, 1.807) is 12.1 Å². The molecule has 0 aliphatic heterocycles. The van der Waals surface area contributed by atoms with E-state index in [0.717, 1.165) is 16.1 Å². The largest absolute Gasteiger partial charge is 0.477 e. The number of hydrogen-bond acceptors (Lipinski definition) is 12. The van der Waals surface area contributed by atoms with Crippen LogP contribution in [0.1, 0.15) is 55.5 Å². The number of carboxylic acid groups (broad SMARTS) is 1. The Morgan fingerprint density at radius 2 is 1.65 bits per heavy atom. The zero-order chi connectivity index (χ0) is 32.8. The Morgan fingerprint density at radius 1 is 0.978 bits per heavy atom. The molecule has 46 heavy (non-hydrogen) atoms. The van der Waals surface area contributed by atoms with Crippen LogP contribution in [0.25, 0.3) is 5.65 Å². The summed E-state index contributed by atoms with van der Waals surface area (Å²) in [4.78, 5) is 61.7. The molecule has 0 aliphatic carbocycles. The average Bonchev–Trinajstić information content (AvgIpc) is 3.43. The molecule has 15 nitrogen and oxygen atoms in total. The Kier molecular flexibility index (Phi) is 10.9. The van der Waals surface area contributed by atoms with Crippen molar-refractivity contribution in [1.82, 2.24) is 19.9 Å². The summed E-state index contributed by atoms with van der Waals surface area (Å²) in [5.41, 5.74) is 16.5. The Balaban J connectivity index is 0.000000375. The number of amides is 1. The summed E-state index contributed by atoms with van der Waals surface area (Å²) in [6.45, 7) is 0.359. The molecule has 0 aliphatic rings. The number of rotatable bonds is 9. The molecular formula is C30H31FN8O7. The van der Waals surface area contributed by atoms with Gasteiger partial charge in [0.1, 0.15) is 28.7 Å². The van der Waals surface area contributed by atoms with Crippen molar-refractivity contribution in [1.29, 1.82) is 0 Å². The molecule has 2 heterocycles. The highest BCUT2D eigenvalue weighted by Crippen LogP contribution is 2.16. The molecule has 9 N–H and O–H groups in total. The number of aromatic carboxylic acids is 1. The van der Waals surface area contributed by atoms with Gasteiger partial charge in [-0.25, -0.2) is 23.5 Å². The van der Waals surface area contributed by atoms with E-state index in [1.807, 2.05) is 12.1 Å². The number of aromatic nitrogens is 3. The quantitative estimate of drug-likeness (QED) is 0.0993. The van der Waals surface area contributed by atoms with E-state index in [2.05, 4.69) is 25.5 Å². The maximum Gasteiger partial charge on any atom is 0.354 e. The lowest BCUT2D eigenvalue weighted by Gasteiger charge is -2.12. The molecule has 0 saturated carbocycles. The van der Waals surface area contributed by atoms with Crippen LogP contribution in [-0.4, -0.2) is 44.7 Å². The van der Waals surface area contributed by atoms with Gasteiger partial charge in [-0.1, -0.05) is 25.6 Å². The lowest BCUT2D eigenvalue weighted by molar-refractivity contribution is 0.0599. The first-order chi connectivity index (χ1) is 21.4. The third kappa shape index (κ3) is 7.48. The number of carboxylic acids is 1. The SMILES string of the molecule is C.COC(=O)c1ccc(CN)cc1.Nc1cc2nc(C(=O)NCc3ccc(F)c(CNc4c(N)c(=O)c4=O)c3)cc(C(=O)O)n2n1. The van der Waals surface area contributed by atoms with Crippen molar-refractivity contribution in [3.8, 4) is 0 Å². The number of nitrogen functional groups attached to an aromatic ring is 2. The normalized spacial score (nSPS) is 10.4. The number of methoxy groups -OCH3 is 1. The first kappa shape index (κ1) is 34.3. The minimum Gasteiger partial charge on any atom is -0.477 e. The van der Waals surface area contributed by atoms with Gasteiger partial charge in [0.05, 0.1) is 12.7 Å². The van der Waals surface area contributed by atoms with E-state index in [1.165, 1.54) is 31.4 Å². The minimum absolute atomic E-state index is 0. The number of benzene rings is 2.